The van der Waals surface area contributed by atoms with Gasteiger partial charge in [0.2, 0.25) is 0 Å². The number of hydrogen-bond donors (Lipinski definition) is 1. The first kappa shape index (κ1) is 16.5. The second-order valence-electron chi connectivity index (χ2n) is 5.56. The normalized spacial score (nSPS) is 19.2. The highest BCUT2D eigenvalue weighted by molar-refractivity contribution is 5.55. The first-order valence-electron chi connectivity index (χ1n) is 7.01. The Hall–Kier alpha value is -2.40. The van der Waals surface area contributed by atoms with Gasteiger partial charge >= 0.3 is 0 Å². The second-order valence-corrected chi connectivity index (χ2v) is 5.56. The first-order chi connectivity index (χ1) is 11.2. The van der Waals surface area contributed by atoms with E-state index in [4.69, 9.17) is 6.57 Å². The minimum Gasteiger partial charge on any atom is -0.382 e. The molecule has 0 bridgehead atoms. The van der Waals surface area contributed by atoms with Crippen LogP contribution in [0.1, 0.15) is 35.8 Å². The molecule has 0 radical (unpaired) electrons. The van der Waals surface area contributed by atoms with E-state index in [1.807, 2.05) is 0 Å². The third-order valence-corrected chi connectivity index (χ3v) is 4.06. The number of nitrogens with zero attached hydrogens (tertiary/aromatic N) is 2. The molecule has 3 nitrogen and oxygen atoms in total. The van der Waals surface area contributed by atoms with Gasteiger partial charge in [0.25, 0.3) is 12.3 Å². The molecular weight excluding hydrogens is 331 g/mol. The van der Waals surface area contributed by atoms with Crippen LogP contribution in [0.4, 0.5) is 27.6 Å². The summed E-state index contributed by atoms with van der Waals surface area (Å²) in [7, 11) is 0. The van der Waals surface area contributed by atoms with Crippen LogP contribution in [0.15, 0.2) is 24.4 Å². The van der Waals surface area contributed by atoms with Crippen molar-refractivity contribution in [1.29, 1.82) is 0 Å². The maximum atomic E-state index is 13.7. The molecule has 126 valence electrons. The van der Waals surface area contributed by atoms with E-state index in [2.05, 4.69) is 4.85 Å². The predicted molar refractivity (Wildman–Crippen MR) is 75.2 cm³/mol. The van der Waals surface area contributed by atoms with Gasteiger partial charge in [-0.05, 0) is 24.6 Å². The van der Waals surface area contributed by atoms with Crippen molar-refractivity contribution in [3.8, 4) is 5.69 Å². The molecule has 1 atom stereocenters. The number of hydrogen-bond acceptors (Lipinski definition) is 1. The molecule has 2 aromatic rings. The molecule has 0 fully saturated rings. The quantitative estimate of drug-likeness (QED) is 0.621. The van der Waals surface area contributed by atoms with Gasteiger partial charge in [0, 0.05) is 35.1 Å². The van der Waals surface area contributed by atoms with Crippen molar-refractivity contribution in [2.24, 2.45) is 0 Å². The SMILES string of the molecule is [C-]#[N+]c1cc(F)cc(-n2cc(C(F)F)c3c2CCC(F)(F)C3O)c1. The van der Waals surface area contributed by atoms with Crippen molar-refractivity contribution < 1.29 is 27.1 Å². The number of rotatable bonds is 2. The van der Waals surface area contributed by atoms with Crippen molar-refractivity contribution in [2.45, 2.75) is 31.3 Å². The molecule has 3 rings (SSSR count). The Morgan fingerprint density at radius 2 is 2.00 bits per heavy atom. The van der Waals surface area contributed by atoms with Crippen LogP contribution in [-0.2, 0) is 6.42 Å². The fourth-order valence-electron chi connectivity index (χ4n) is 2.95. The van der Waals surface area contributed by atoms with Crippen LogP contribution in [0.3, 0.4) is 0 Å². The number of aliphatic hydroxyl groups is 1. The van der Waals surface area contributed by atoms with Crippen LogP contribution in [-0.4, -0.2) is 15.6 Å². The van der Waals surface area contributed by atoms with Crippen molar-refractivity contribution in [1.82, 2.24) is 4.57 Å². The summed E-state index contributed by atoms with van der Waals surface area (Å²) < 4.78 is 68.7. The Kier molecular flexibility index (Phi) is 3.84. The van der Waals surface area contributed by atoms with Crippen LogP contribution in [0.5, 0.6) is 0 Å². The van der Waals surface area contributed by atoms with Crippen LogP contribution in [0.2, 0.25) is 0 Å². The summed E-state index contributed by atoms with van der Waals surface area (Å²) in [5.74, 6) is -4.26. The Balaban J connectivity index is 2.24. The summed E-state index contributed by atoms with van der Waals surface area (Å²) >= 11 is 0. The van der Waals surface area contributed by atoms with E-state index in [1.165, 1.54) is 6.07 Å². The Bertz CT molecular complexity index is 838. The lowest BCUT2D eigenvalue weighted by molar-refractivity contribution is -0.122. The maximum Gasteiger partial charge on any atom is 0.278 e. The summed E-state index contributed by atoms with van der Waals surface area (Å²) in [5, 5.41) is 9.82. The number of alkyl halides is 4. The molecular formula is C16H11F5N2O. The molecule has 0 saturated carbocycles. The summed E-state index contributed by atoms with van der Waals surface area (Å²) in [4.78, 5) is 3.09. The fourth-order valence-corrected chi connectivity index (χ4v) is 2.95. The van der Waals surface area contributed by atoms with E-state index in [1.54, 1.807) is 0 Å². The Morgan fingerprint density at radius 3 is 2.62 bits per heavy atom. The zero-order valence-corrected chi connectivity index (χ0v) is 12.1. The third kappa shape index (κ3) is 2.55. The van der Waals surface area contributed by atoms with Crippen LogP contribution >= 0.6 is 0 Å². The molecule has 8 heteroatoms. The maximum absolute atomic E-state index is 13.7. The Labute approximate surface area is 133 Å². The minimum absolute atomic E-state index is 0.0484. The summed E-state index contributed by atoms with van der Waals surface area (Å²) in [5.41, 5.74) is -1.14. The van der Waals surface area contributed by atoms with Gasteiger partial charge in [-0.1, -0.05) is 0 Å². The molecule has 1 aromatic carbocycles. The summed E-state index contributed by atoms with van der Waals surface area (Å²) in [6.07, 6.45) is -5.46. The molecule has 1 aromatic heterocycles. The van der Waals surface area contributed by atoms with Gasteiger partial charge in [0.05, 0.1) is 6.57 Å². The van der Waals surface area contributed by atoms with E-state index < -0.39 is 41.8 Å². The molecule has 1 unspecified atom stereocenters. The smallest absolute Gasteiger partial charge is 0.278 e. The van der Waals surface area contributed by atoms with Gasteiger partial charge in [0.15, 0.2) is 5.69 Å². The van der Waals surface area contributed by atoms with E-state index in [0.29, 0.717) is 0 Å². The van der Waals surface area contributed by atoms with Gasteiger partial charge in [-0.15, -0.1) is 0 Å². The van der Waals surface area contributed by atoms with E-state index >= 15 is 0 Å². The second kappa shape index (κ2) is 5.60. The molecule has 0 saturated heterocycles. The molecule has 0 spiro atoms. The lowest BCUT2D eigenvalue weighted by atomic mass is 9.89. The van der Waals surface area contributed by atoms with E-state index in [0.717, 1.165) is 22.9 Å². The van der Waals surface area contributed by atoms with Crippen LogP contribution in [0, 0.1) is 12.4 Å². The topological polar surface area (TPSA) is 29.5 Å². The van der Waals surface area contributed by atoms with E-state index in [9.17, 15) is 27.1 Å². The van der Waals surface area contributed by atoms with Crippen molar-refractivity contribution in [3.05, 3.63) is 58.5 Å². The van der Waals surface area contributed by atoms with Crippen molar-refractivity contribution >= 4 is 5.69 Å². The predicted octanol–water partition coefficient (Wildman–Crippen LogP) is 4.72. The zero-order chi connectivity index (χ0) is 17.6. The zero-order valence-electron chi connectivity index (χ0n) is 12.1. The van der Waals surface area contributed by atoms with Crippen LogP contribution in [0.25, 0.3) is 10.5 Å². The number of fused-ring (bicyclic) bond motifs is 1. The highest BCUT2D eigenvalue weighted by atomic mass is 19.3. The monoisotopic (exact) mass is 342 g/mol. The highest BCUT2D eigenvalue weighted by Gasteiger charge is 2.47. The lowest BCUT2D eigenvalue weighted by Crippen LogP contribution is -2.32. The van der Waals surface area contributed by atoms with Crippen molar-refractivity contribution in [3.63, 3.8) is 0 Å². The molecule has 24 heavy (non-hydrogen) atoms. The molecule has 0 amide bonds. The van der Waals surface area contributed by atoms with Gasteiger partial charge in [-0.25, -0.2) is 26.8 Å². The average Bonchev–Trinajstić information content (AvgIpc) is 2.90. The molecule has 1 N–H and O–H groups in total. The van der Waals surface area contributed by atoms with Gasteiger partial charge < -0.3 is 9.67 Å². The fraction of sp³-hybridized carbons (Fsp3) is 0.312. The molecule has 1 aliphatic rings. The Morgan fingerprint density at radius 1 is 1.29 bits per heavy atom. The third-order valence-electron chi connectivity index (χ3n) is 4.06. The largest absolute Gasteiger partial charge is 0.382 e. The molecule has 0 aliphatic heterocycles. The molecule has 1 aliphatic carbocycles. The highest BCUT2D eigenvalue weighted by Crippen LogP contribution is 2.46. The van der Waals surface area contributed by atoms with Crippen LogP contribution < -0.4 is 0 Å². The molecule has 1 heterocycles. The minimum atomic E-state index is -3.51. The van der Waals surface area contributed by atoms with Crippen molar-refractivity contribution in [2.75, 3.05) is 0 Å². The van der Waals surface area contributed by atoms with Gasteiger partial charge in [-0.2, -0.15) is 0 Å². The lowest BCUT2D eigenvalue weighted by Gasteiger charge is -2.29. The van der Waals surface area contributed by atoms with Gasteiger partial charge in [-0.3, -0.25) is 0 Å². The number of aromatic nitrogens is 1. The van der Waals surface area contributed by atoms with E-state index in [-0.39, 0.29) is 23.5 Å². The summed E-state index contributed by atoms with van der Waals surface area (Å²) in [6, 6.07) is 3.26. The average molecular weight is 342 g/mol. The standard InChI is InChI=1S/C16H11F5N2O/c1-22-9-4-8(17)5-10(6-9)23-7-11(15(18)19)13-12(23)2-3-16(20,21)14(13)24/h4-7,14-15,24H,2-3H2. The van der Waals surface area contributed by atoms with Gasteiger partial charge in [0.1, 0.15) is 11.9 Å². The number of benzene rings is 1. The number of aliphatic hydroxyl groups excluding tert-OH is 1. The summed E-state index contributed by atoms with van der Waals surface area (Å²) in [6.45, 7) is 6.94. The first-order valence-corrected chi connectivity index (χ1v) is 7.01. The number of halogens is 5.